The van der Waals surface area contributed by atoms with Crippen molar-refractivity contribution in [2.45, 2.75) is 0 Å². The maximum atomic E-state index is 2.48. The number of anilines is 3. The Hall–Kier alpha value is -6.64. The van der Waals surface area contributed by atoms with Gasteiger partial charge < -0.3 is 9.47 Å². The SMILES string of the molecule is c1ccc(-n2c3ccccc3c3ccc(N(c4ccc5ccccc5c4)c4cccc5c4-c4c6ccccc6cc6cccc-5c46)cc32)cc1. The van der Waals surface area contributed by atoms with Crippen LogP contribution in [-0.4, -0.2) is 4.57 Å². The fraction of sp³-hybridized carbons (Fsp3) is 0. The molecule has 1 aliphatic carbocycles. The van der Waals surface area contributed by atoms with Crippen molar-refractivity contribution in [3.8, 4) is 27.9 Å². The molecule has 0 atom stereocenters. The van der Waals surface area contributed by atoms with Crippen LogP contribution in [0, 0.1) is 0 Å². The van der Waals surface area contributed by atoms with E-state index in [1.807, 2.05) is 0 Å². The number of aromatic nitrogens is 1. The molecule has 0 amide bonds. The monoisotopic (exact) mass is 634 g/mol. The Morgan fingerprint density at radius 1 is 0.360 bits per heavy atom. The second-order valence-corrected chi connectivity index (χ2v) is 13.3. The molecule has 2 heteroatoms. The third kappa shape index (κ3) is 3.85. The second-order valence-electron chi connectivity index (χ2n) is 13.3. The van der Waals surface area contributed by atoms with Crippen molar-refractivity contribution in [3.05, 3.63) is 182 Å². The lowest BCUT2D eigenvalue weighted by Crippen LogP contribution is -2.11. The van der Waals surface area contributed by atoms with Gasteiger partial charge in [0.15, 0.2) is 0 Å². The summed E-state index contributed by atoms with van der Waals surface area (Å²) in [7, 11) is 0. The Balaban J connectivity index is 1.25. The van der Waals surface area contributed by atoms with Gasteiger partial charge in [0, 0.05) is 39.0 Å². The molecule has 0 spiro atoms. The van der Waals surface area contributed by atoms with Gasteiger partial charge in [0.05, 0.1) is 16.7 Å². The van der Waals surface area contributed by atoms with E-state index in [2.05, 4.69) is 191 Å². The highest BCUT2D eigenvalue weighted by Gasteiger charge is 2.29. The van der Waals surface area contributed by atoms with Crippen LogP contribution in [0.25, 0.3) is 82.1 Å². The quantitative estimate of drug-likeness (QED) is 0.175. The van der Waals surface area contributed by atoms with Gasteiger partial charge >= 0.3 is 0 Å². The molecule has 9 aromatic carbocycles. The zero-order chi connectivity index (χ0) is 32.8. The molecule has 50 heavy (non-hydrogen) atoms. The molecule has 0 saturated heterocycles. The number of nitrogens with zero attached hydrogens (tertiary/aromatic N) is 2. The topological polar surface area (TPSA) is 8.17 Å². The number of para-hydroxylation sites is 2. The first-order valence-electron chi connectivity index (χ1n) is 17.3. The molecule has 11 rings (SSSR count). The molecule has 0 unspecified atom stereocenters. The predicted octanol–water partition coefficient (Wildman–Crippen LogP) is 13.4. The minimum atomic E-state index is 1.12. The van der Waals surface area contributed by atoms with Crippen molar-refractivity contribution in [2.24, 2.45) is 0 Å². The highest BCUT2D eigenvalue weighted by molar-refractivity contribution is 6.26. The molecular formula is C48H30N2. The second kappa shape index (κ2) is 10.4. The third-order valence-electron chi connectivity index (χ3n) is 10.6. The molecule has 2 nitrogen and oxygen atoms in total. The first kappa shape index (κ1) is 27.3. The third-order valence-corrected chi connectivity index (χ3v) is 10.6. The standard InChI is InChI=1S/C48H30N2/c1-2-16-35(17-3-1)50-43-22-9-8-19-39(43)40-27-26-37(30-45(40)50)49(36-25-24-31-12-4-5-13-32(31)29-36)44-23-11-21-42-41-20-10-15-34-28-33-14-6-7-18-38(33)48(46(34)41)47(42)44/h1-30H. The van der Waals surface area contributed by atoms with Crippen molar-refractivity contribution >= 4 is 71.2 Å². The lowest BCUT2D eigenvalue weighted by Gasteiger charge is -2.29. The van der Waals surface area contributed by atoms with Gasteiger partial charge in [-0.15, -0.1) is 0 Å². The van der Waals surface area contributed by atoms with E-state index < -0.39 is 0 Å². The summed E-state index contributed by atoms with van der Waals surface area (Å²) in [5, 5.41) is 10.1. The van der Waals surface area contributed by atoms with E-state index in [1.54, 1.807) is 0 Å². The Morgan fingerprint density at radius 2 is 1.02 bits per heavy atom. The summed E-state index contributed by atoms with van der Waals surface area (Å²) in [5.74, 6) is 0. The molecule has 1 heterocycles. The summed E-state index contributed by atoms with van der Waals surface area (Å²) < 4.78 is 2.41. The van der Waals surface area contributed by atoms with Crippen LogP contribution in [0.2, 0.25) is 0 Å². The molecule has 0 fully saturated rings. The highest BCUT2D eigenvalue weighted by atomic mass is 15.1. The van der Waals surface area contributed by atoms with Crippen LogP contribution >= 0.6 is 0 Å². The number of hydrogen-bond donors (Lipinski definition) is 0. The lowest BCUT2D eigenvalue weighted by atomic mass is 9.94. The lowest BCUT2D eigenvalue weighted by molar-refractivity contribution is 1.18. The molecule has 0 saturated carbocycles. The summed E-state index contributed by atoms with van der Waals surface area (Å²) in [6.07, 6.45) is 0. The van der Waals surface area contributed by atoms with E-state index in [1.165, 1.54) is 82.1 Å². The van der Waals surface area contributed by atoms with E-state index in [-0.39, 0.29) is 0 Å². The summed E-state index contributed by atoms with van der Waals surface area (Å²) in [6.45, 7) is 0. The number of hydrogen-bond acceptors (Lipinski definition) is 1. The fourth-order valence-corrected chi connectivity index (χ4v) is 8.52. The van der Waals surface area contributed by atoms with Crippen molar-refractivity contribution in [1.82, 2.24) is 4.57 Å². The van der Waals surface area contributed by atoms with Crippen molar-refractivity contribution < 1.29 is 0 Å². The Bertz CT molecular complexity index is 2990. The molecule has 10 aromatic rings. The van der Waals surface area contributed by atoms with Crippen molar-refractivity contribution in [1.29, 1.82) is 0 Å². The average Bonchev–Trinajstić information content (AvgIpc) is 3.70. The van der Waals surface area contributed by atoms with Gasteiger partial charge in [-0.3, -0.25) is 0 Å². The van der Waals surface area contributed by atoms with Crippen molar-refractivity contribution in [2.75, 3.05) is 4.90 Å². The molecular weight excluding hydrogens is 605 g/mol. The van der Waals surface area contributed by atoms with Gasteiger partial charge in [-0.05, 0) is 98.0 Å². The Labute approximate surface area is 289 Å². The number of rotatable bonds is 4. The van der Waals surface area contributed by atoms with Gasteiger partial charge in [0.1, 0.15) is 0 Å². The average molecular weight is 635 g/mol. The maximum Gasteiger partial charge on any atom is 0.0561 e. The first-order chi connectivity index (χ1) is 24.8. The minimum Gasteiger partial charge on any atom is -0.310 e. The minimum absolute atomic E-state index is 1.12. The zero-order valence-electron chi connectivity index (χ0n) is 27.2. The van der Waals surface area contributed by atoms with Gasteiger partial charge in [-0.1, -0.05) is 127 Å². The Kier molecular flexibility index (Phi) is 5.70. The van der Waals surface area contributed by atoms with Crippen LogP contribution in [0.1, 0.15) is 0 Å². The van der Waals surface area contributed by atoms with E-state index in [9.17, 15) is 0 Å². The predicted molar refractivity (Wildman–Crippen MR) is 212 cm³/mol. The van der Waals surface area contributed by atoms with E-state index >= 15 is 0 Å². The van der Waals surface area contributed by atoms with Gasteiger partial charge in [0.25, 0.3) is 0 Å². The molecule has 1 aromatic heterocycles. The van der Waals surface area contributed by atoms with Crippen LogP contribution in [0.15, 0.2) is 182 Å². The van der Waals surface area contributed by atoms with Crippen molar-refractivity contribution in [3.63, 3.8) is 0 Å². The molecule has 1 aliphatic rings. The normalized spacial score (nSPS) is 12.0. The van der Waals surface area contributed by atoms with Gasteiger partial charge in [-0.25, -0.2) is 0 Å². The van der Waals surface area contributed by atoms with E-state index in [0.29, 0.717) is 0 Å². The van der Waals surface area contributed by atoms with Crippen LogP contribution in [-0.2, 0) is 0 Å². The largest absolute Gasteiger partial charge is 0.310 e. The van der Waals surface area contributed by atoms with Crippen LogP contribution < -0.4 is 4.90 Å². The summed E-state index contributed by atoms with van der Waals surface area (Å²) in [5.41, 5.74) is 12.2. The molecule has 0 radical (unpaired) electrons. The Morgan fingerprint density at radius 3 is 1.92 bits per heavy atom. The smallest absolute Gasteiger partial charge is 0.0561 e. The summed E-state index contributed by atoms with van der Waals surface area (Å²) in [4.78, 5) is 2.48. The first-order valence-corrected chi connectivity index (χ1v) is 17.3. The van der Waals surface area contributed by atoms with E-state index in [0.717, 1.165) is 17.1 Å². The molecule has 232 valence electrons. The highest BCUT2D eigenvalue weighted by Crippen LogP contribution is 2.56. The van der Waals surface area contributed by atoms with Crippen LogP contribution in [0.5, 0.6) is 0 Å². The van der Waals surface area contributed by atoms with Crippen LogP contribution in [0.3, 0.4) is 0 Å². The molecule has 0 bridgehead atoms. The number of fused-ring (bicyclic) bond motifs is 9. The zero-order valence-corrected chi connectivity index (χ0v) is 27.2. The van der Waals surface area contributed by atoms with E-state index in [4.69, 9.17) is 0 Å². The number of benzene rings is 9. The summed E-state index contributed by atoms with van der Waals surface area (Å²) in [6, 6.07) is 66.8. The fourth-order valence-electron chi connectivity index (χ4n) is 8.52. The maximum absolute atomic E-state index is 2.48. The molecule has 0 aliphatic heterocycles. The summed E-state index contributed by atoms with van der Waals surface area (Å²) >= 11 is 0. The van der Waals surface area contributed by atoms with Gasteiger partial charge in [0.2, 0.25) is 0 Å². The molecule has 0 N–H and O–H groups in total. The van der Waals surface area contributed by atoms with Gasteiger partial charge in [-0.2, -0.15) is 0 Å². The van der Waals surface area contributed by atoms with Crippen LogP contribution in [0.4, 0.5) is 17.1 Å².